The van der Waals surface area contributed by atoms with Crippen molar-refractivity contribution in [2.75, 3.05) is 0 Å². The van der Waals surface area contributed by atoms with E-state index in [1.807, 2.05) is 60.7 Å². The molecule has 0 spiro atoms. The first kappa shape index (κ1) is 19.5. The zero-order chi connectivity index (χ0) is 21.0. The van der Waals surface area contributed by atoms with Crippen molar-refractivity contribution in [3.63, 3.8) is 0 Å². The van der Waals surface area contributed by atoms with Crippen LogP contribution in [-0.2, 0) is 9.54 Å². The van der Waals surface area contributed by atoms with E-state index < -0.39 is 9.67 Å². The average molecular weight is 416 g/mol. The number of thioether (sulfide) groups is 1. The van der Waals surface area contributed by atoms with E-state index in [4.69, 9.17) is 0 Å². The normalized spacial score (nSPS) is 16.7. The zero-order valence-electron chi connectivity index (χ0n) is 15.6. The molecule has 0 aromatic heterocycles. The Morgan fingerprint density at radius 1 is 0.900 bits per heavy atom. The highest BCUT2D eigenvalue weighted by atomic mass is 32.2. The van der Waals surface area contributed by atoms with E-state index >= 15 is 0 Å². The Kier molecular flexibility index (Phi) is 5.40. The molecule has 148 valence electrons. The summed E-state index contributed by atoms with van der Waals surface area (Å²) >= 11 is 1.30. The van der Waals surface area contributed by atoms with Crippen molar-refractivity contribution in [1.82, 2.24) is 5.32 Å². The van der Waals surface area contributed by atoms with E-state index in [1.54, 1.807) is 12.1 Å². The standard InChI is InChI=1S/C22H16N4O3S/c27-20-22(17-7-3-1-4-8-17,18-9-5-2-6-10-18)30-21(24-20)25-23-15-16-11-13-19(14-12-16)26(28)29/h1-15H,(H,24,25,27)/b23-15+. The Morgan fingerprint density at radius 2 is 1.47 bits per heavy atom. The van der Waals surface area contributed by atoms with Crippen LogP contribution in [0.15, 0.2) is 95.1 Å². The number of carbonyl (C=O) groups is 1. The summed E-state index contributed by atoms with van der Waals surface area (Å²) in [5.74, 6) is -0.186. The molecule has 30 heavy (non-hydrogen) atoms. The van der Waals surface area contributed by atoms with Crippen molar-refractivity contribution in [2.45, 2.75) is 4.75 Å². The van der Waals surface area contributed by atoms with Crippen LogP contribution < -0.4 is 5.32 Å². The number of benzene rings is 3. The Hall–Kier alpha value is -3.78. The molecule has 0 radical (unpaired) electrons. The fraction of sp³-hybridized carbons (Fsp3) is 0.0455. The Bertz CT molecular complexity index is 1090. The van der Waals surface area contributed by atoms with Gasteiger partial charge in [0.25, 0.3) is 11.6 Å². The van der Waals surface area contributed by atoms with Gasteiger partial charge < -0.3 is 5.32 Å². The number of amides is 1. The van der Waals surface area contributed by atoms with Crippen molar-refractivity contribution in [3.8, 4) is 0 Å². The molecule has 0 bridgehead atoms. The number of nitrogens with one attached hydrogen (secondary N) is 1. The van der Waals surface area contributed by atoms with Gasteiger partial charge in [-0.15, -0.1) is 5.10 Å². The minimum atomic E-state index is -0.954. The van der Waals surface area contributed by atoms with Crippen LogP contribution in [0.25, 0.3) is 0 Å². The fourth-order valence-electron chi connectivity index (χ4n) is 3.17. The maximum absolute atomic E-state index is 13.1. The summed E-state index contributed by atoms with van der Waals surface area (Å²) in [4.78, 5) is 23.4. The van der Waals surface area contributed by atoms with Gasteiger partial charge in [0.1, 0.15) is 0 Å². The fourth-order valence-corrected chi connectivity index (χ4v) is 4.34. The first-order valence-corrected chi connectivity index (χ1v) is 9.88. The van der Waals surface area contributed by atoms with Gasteiger partial charge in [-0.25, -0.2) is 0 Å². The second kappa shape index (κ2) is 8.30. The molecule has 1 heterocycles. The molecule has 4 rings (SSSR count). The van der Waals surface area contributed by atoms with E-state index in [1.165, 1.54) is 30.1 Å². The molecule has 3 aromatic carbocycles. The third-order valence-electron chi connectivity index (χ3n) is 4.61. The lowest BCUT2D eigenvalue weighted by Gasteiger charge is -2.25. The van der Waals surface area contributed by atoms with E-state index in [0.29, 0.717) is 10.7 Å². The van der Waals surface area contributed by atoms with Gasteiger partial charge in [-0.05, 0) is 28.8 Å². The molecule has 1 amide bonds. The molecular weight excluding hydrogens is 400 g/mol. The van der Waals surface area contributed by atoms with Gasteiger partial charge in [0, 0.05) is 12.1 Å². The monoisotopic (exact) mass is 416 g/mol. The van der Waals surface area contributed by atoms with Crippen molar-refractivity contribution in [2.24, 2.45) is 10.2 Å². The van der Waals surface area contributed by atoms with E-state index in [2.05, 4.69) is 15.5 Å². The van der Waals surface area contributed by atoms with Crippen molar-refractivity contribution < 1.29 is 9.72 Å². The van der Waals surface area contributed by atoms with Gasteiger partial charge in [0.05, 0.1) is 11.1 Å². The molecule has 0 unspecified atom stereocenters. The Morgan fingerprint density at radius 3 is 2.00 bits per heavy atom. The number of hydrogen-bond acceptors (Lipinski definition) is 6. The highest BCUT2D eigenvalue weighted by Gasteiger charge is 2.49. The number of nitro benzene ring substituents is 1. The van der Waals surface area contributed by atoms with Crippen LogP contribution in [-0.4, -0.2) is 22.2 Å². The van der Waals surface area contributed by atoms with E-state index in [9.17, 15) is 14.9 Å². The van der Waals surface area contributed by atoms with Crippen LogP contribution in [0.1, 0.15) is 16.7 Å². The minimum absolute atomic E-state index is 0.00702. The van der Waals surface area contributed by atoms with Crippen LogP contribution in [0.3, 0.4) is 0 Å². The molecule has 0 aliphatic carbocycles. The highest BCUT2D eigenvalue weighted by Crippen LogP contribution is 2.46. The lowest BCUT2D eigenvalue weighted by Crippen LogP contribution is -2.35. The summed E-state index contributed by atoms with van der Waals surface area (Å²) in [7, 11) is 0. The first-order valence-electron chi connectivity index (χ1n) is 9.06. The molecule has 0 saturated carbocycles. The van der Waals surface area contributed by atoms with Crippen LogP contribution in [0.4, 0.5) is 5.69 Å². The number of hydrogen-bond donors (Lipinski definition) is 1. The highest BCUT2D eigenvalue weighted by molar-refractivity contribution is 8.16. The third-order valence-corrected chi connectivity index (χ3v) is 5.95. The van der Waals surface area contributed by atoms with Gasteiger partial charge >= 0.3 is 0 Å². The maximum atomic E-state index is 13.1. The topological polar surface area (TPSA) is 97.0 Å². The number of nitro groups is 1. The Balaban J connectivity index is 1.63. The second-order valence-electron chi connectivity index (χ2n) is 6.47. The number of nitrogens with zero attached hydrogens (tertiary/aromatic N) is 3. The molecular formula is C22H16N4O3S. The smallest absolute Gasteiger partial charge is 0.269 e. The summed E-state index contributed by atoms with van der Waals surface area (Å²) in [6, 6.07) is 25.0. The quantitative estimate of drug-likeness (QED) is 0.385. The number of carbonyl (C=O) groups excluding carboxylic acids is 1. The molecule has 1 N–H and O–H groups in total. The van der Waals surface area contributed by atoms with Gasteiger partial charge in [-0.3, -0.25) is 14.9 Å². The lowest BCUT2D eigenvalue weighted by molar-refractivity contribution is -0.384. The molecule has 3 aromatic rings. The van der Waals surface area contributed by atoms with Gasteiger partial charge in [-0.1, -0.05) is 72.4 Å². The molecule has 1 saturated heterocycles. The van der Waals surface area contributed by atoms with Crippen molar-refractivity contribution >= 4 is 34.7 Å². The number of rotatable bonds is 5. The number of amidine groups is 1. The van der Waals surface area contributed by atoms with Gasteiger partial charge in [-0.2, -0.15) is 5.10 Å². The molecule has 1 aliphatic heterocycles. The van der Waals surface area contributed by atoms with Crippen molar-refractivity contribution in [3.05, 3.63) is 112 Å². The van der Waals surface area contributed by atoms with E-state index in [-0.39, 0.29) is 11.6 Å². The summed E-state index contributed by atoms with van der Waals surface area (Å²) in [5, 5.41) is 22.1. The van der Waals surface area contributed by atoms with Gasteiger partial charge in [0.2, 0.25) is 0 Å². The number of non-ortho nitro benzene ring substituents is 1. The molecule has 0 atom stereocenters. The third kappa shape index (κ3) is 3.72. The lowest BCUT2D eigenvalue weighted by atomic mass is 9.89. The predicted molar refractivity (Wildman–Crippen MR) is 118 cm³/mol. The van der Waals surface area contributed by atoms with E-state index in [0.717, 1.165) is 11.1 Å². The molecule has 1 fully saturated rings. The molecule has 7 nitrogen and oxygen atoms in total. The summed E-state index contributed by atoms with van der Waals surface area (Å²) in [6.45, 7) is 0. The van der Waals surface area contributed by atoms with Crippen LogP contribution in [0.2, 0.25) is 0 Å². The molecule has 1 aliphatic rings. The molecule has 8 heteroatoms. The predicted octanol–water partition coefficient (Wildman–Crippen LogP) is 4.09. The SMILES string of the molecule is O=C1N/C(=N\N=C\c2ccc([N+](=O)[O-])cc2)SC1(c1ccccc1)c1ccccc1. The zero-order valence-corrected chi connectivity index (χ0v) is 16.5. The van der Waals surface area contributed by atoms with Gasteiger partial charge in [0.15, 0.2) is 9.91 Å². The maximum Gasteiger partial charge on any atom is 0.269 e. The summed E-state index contributed by atoms with van der Waals surface area (Å²) in [5.41, 5.74) is 2.37. The van der Waals surface area contributed by atoms with Crippen LogP contribution in [0.5, 0.6) is 0 Å². The first-order chi connectivity index (χ1) is 14.6. The minimum Gasteiger partial charge on any atom is -0.302 e. The van der Waals surface area contributed by atoms with Crippen LogP contribution in [0, 0.1) is 10.1 Å². The summed E-state index contributed by atoms with van der Waals surface area (Å²) < 4.78 is -0.954. The average Bonchev–Trinajstić information content (AvgIpc) is 3.12. The van der Waals surface area contributed by atoms with Crippen LogP contribution >= 0.6 is 11.8 Å². The second-order valence-corrected chi connectivity index (χ2v) is 7.67. The largest absolute Gasteiger partial charge is 0.302 e. The summed E-state index contributed by atoms with van der Waals surface area (Å²) in [6.07, 6.45) is 1.48. The Labute approximate surface area is 176 Å². The van der Waals surface area contributed by atoms with Crippen molar-refractivity contribution in [1.29, 1.82) is 0 Å².